The van der Waals surface area contributed by atoms with Crippen molar-refractivity contribution in [2.24, 2.45) is 0 Å². The van der Waals surface area contributed by atoms with Crippen LogP contribution in [-0.4, -0.2) is 22.7 Å². The van der Waals surface area contributed by atoms with Crippen molar-refractivity contribution < 1.29 is 13.2 Å². The second-order valence-corrected chi connectivity index (χ2v) is 4.82. The third kappa shape index (κ3) is 2.98. The summed E-state index contributed by atoms with van der Waals surface area (Å²) in [7, 11) is 0. The van der Waals surface area contributed by atoms with Gasteiger partial charge in [0.1, 0.15) is 12.2 Å². The van der Waals surface area contributed by atoms with Gasteiger partial charge in [0, 0.05) is 6.54 Å². The van der Waals surface area contributed by atoms with Crippen LogP contribution < -0.4 is 5.32 Å². The molecule has 1 N–H and O–H groups in total. The maximum Gasteiger partial charge on any atom is 0.396 e. The number of halogens is 3. The molecule has 0 saturated heterocycles. The summed E-state index contributed by atoms with van der Waals surface area (Å²) in [4.78, 5) is 8.16. The van der Waals surface area contributed by atoms with Crippen molar-refractivity contribution >= 4 is 0 Å². The van der Waals surface area contributed by atoms with Crippen molar-refractivity contribution in [1.82, 2.24) is 15.3 Å². The minimum absolute atomic E-state index is 0.117. The highest BCUT2D eigenvalue weighted by atomic mass is 19.4. The van der Waals surface area contributed by atoms with Gasteiger partial charge < -0.3 is 5.32 Å². The van der Waals surface area contributed by atoms with Crippen molar-refractivity contribution in [3.05, 3.63) is 22.8 Å². The first kappa shape index (κ1) is 13.3. The summed E-state index contributed by atoms with van der Waals surface area (Å²) >= 11 is 0. The Morgan fingerprint density at radius 2 is 2.00 bits per heavy atom. The first-order valence-electron chi connectivity index (χ1n) is 6.03. The van der Waals surface area contributed by atoms with E-state index < -0.39 is 12.6 Å². The molecule has 0 radical (unpaired) electrons. The minimum Gasteiger partial charge on any atom is -0.311 e. The van der Waals surface area contributed by atoms with Crippen molar-refractivity contribution in [3.8, 4) is 0 Å². The summed E-state index contributed by atoms with van der Waals surface area (Å²) in [6.45, 7) is 5.25. The number of nitrogens with zero attached hydrogens (tertiary/aromatic N) is 2. The average Bonchev–Trinajstić information content (AvgIpc) is 2.25. The zero-order chi connectivity index (χ0) is 13.3. The van der Waals surface area contributed by atoms with Crippen LogP contribution in [0.2, 0.25) is 0 Å². The Kier molecular flexibility index (Phi) is 3.56. The van der Waals surface area contributed by atoms with E-state index in [0.717, 1.165) is 29.9 Å². The molecule has 1 aliphatic rings. The average molecular weight is 259 g/mol. The van der Waals surface area contributed by atoms with Gasteiger partial charge in [-0.2, -0.15) is 13.2 Å². The fourth-order valence-corrected chi connectivity index (χ4v) is 2.18. The molecule has 0 aromatic carbocycles. The highest BCUT2D eigenvalue weighted by Gasteiger charge is 2.30. The first-order valence-corrected chi connectivity index (χ1v) is 6.03. The van der Waals surface area contributed by atoms with E-state index in [1.807, 2.05) is 13.8 Å². The zero-order valence-corrected chi connectivity index (χ0v) is 10.4. The molecular formula is C12H16F3N3. The van der Waals surface area contributed by atoms with E-state index in [-0.39, 0.29) is 11.7 Å². The van der Waals surface area contributed by atoms with Gasteiger partial charge in [0.2, 0.25) is 0 Å². The largest absolute Gasteiger partial charge is 0.396 e. The fraction of sp³-hybridized carbons (Fsp3) is 0.667. The zero-order valence-electron chi connectivity index (χ0n) is 10.4. The lowest BCUT2D eigenvalue weighted by molar-refractivity contribution is -0.128. The molecule has 0 fully saturated rings. The van der Waals surface area contributed by atoms with Crippen LogP contribution in [0.25, 0.3) is 0 Å². The lowest BCUT2D eigenvalue weighted by Gasteiger charge is -2.22. The van der Waals surface area contributed by atoms with Crippen molar-refractivity contribution in [2.75, 3.05) is 6.54 Å². The molecular weight excluding hydrogens is 243 g/mol. The molecule has 18 heavy (non-hydrogen) atoms. The van der Waals surface area contributed by atoms with Gasteiger partial charge in [-0.15, -0.1) is 0 Å². The number of aromatic nitrogens is 2. The van der Waals surface area contributed by atoms with Crippen molar-refractivity contribution in [1.29, 1.82) is 0 Å². The summed E-state index contributed by atoms with van der Waals surface area (Å²) in [6.07, 6.45) is -4.53. The third-order valence-corrected chi connectivity index (χ3v) is 2.92. The standard InChI is InChI=1S/C12H16F3N3/c1-7(2)11-8-3-4-16-6-9(8)17-10(18-11)5-12(13,14)15/h7,16H,3-6H2,1-2H3. The summed E-state index contributed by atoms with van der Waals surface area (Å²) in [5, 5.41) is 3.13. The maximum atomic E-state index is 12.4. The molecule has 3 nitrogen and oxygen atoms in total. The van der Waals surface area contributed by atoms with Crippen LogP contribution in [0.1, 0.15) is 42.5 Å². The Morgan fingerprint density at radius 1 is 1.28 bits per heavy atom. The summed E-state index contributed by atoms with van der Waals surface area (Å²) in [5.41, 5.74) is 2.51. The lowest BCUT2D eigenvalue weighted by Crippen LogP contribution is -2.28. The summed E-state index contributed by atoms with van der Waals surface area (Å²) in [6, 6.07) is 0. The number of hydrogen-bond acceptors (Lipinski definition) is 3. The molecule has 0 atom stereocenters. The summed E-state index contributed by atoms with van der Waals surface area (Å²) < 4.78 is 37.2. The Balaban J connectivity index is 2.41. The topological polar surface area (TPSA) is 37.8 Å². The van der Waals surface area contributed by atoms with Gasteiger partial charge in [0.25, 0.3) is 0 Å². The molecule has 0 amide bonds. The predicted octanol–water partition coefficient (Wildman–Crippen LogP) is 2.35. The molecule has 0 spiro atoms. The van der Waals surface area contributed by atoms with Crippen molar-refractivity contribution in [2.45, 2.75) is 45.3 Å². The van der Waals surface area contributed by atoms with E-state index in [9.17, 15) is 13.2 Å². The molecule has 2 heterocycles. The molecule has 1 aromatic heterocycles. The highest BCUT2D eigenvalue weighted by molar-refractivity contribution is 5.30. The van der Waals surface area contributed by atoms with E-state index in [0.29, 0.717) is 6.54 Å². The quantitative estimate of drug-likeness (QED) is 0.886. The Bertz CT molecular complexity index is 441. The molecule has 0 unspecified atom stereocenters. The van der Waals surface area contributed by atoms with Crippen LogP contribution in [0.15, 0.2) is 0 Å². The number of hydrogen-bond donors (Lipinski definition) is 1. The van der Waals surface area contributed by atoms with E-state index in [4.69, 9.17) is 0 Å². The Morgan fingerprint density at radius 3 is 2.61 bits per heavy atom. The molecule has 100 valence electrons. The van der Waals surface area contributed by atoms with Gasteiger partial charge in [0.15, 0.2) is 0 Å². The number of rotatable bonds is 2. The van der Waals surface area contributed by atoms with E-state index in [1.165, 1.54) is 0 Å². The highest BCUT2D eigenvalue weighted by Crippen LogP contribution is 2.25. The molecule has 1 aromatic rings. The van der Waals surface area contributed by atoms with Crippen LogP contribution in [0, 0.1) is 0 Å². The molecule has 1 aliphatic heterocycles. The lowest BCUT2D eigenvalue weighted by atomic mass is 9.97. The fourth-order valence-electron chi connectivity index (χ4n) is 2.18. The summed E-state index contributed by atoms with van der Waals surface area (Å²) in [5.74, 6) is 0.000448. The molecule has 0 aliphatic carbocycles. The van der Waals surface area contributed by atoms with Crippen LogP contribution >= 0.6 is 0 Å². The number of alkyl halides is 3. The van der Waals surface area contributed by atoms with Gasteiger partial charge in [-0.1, -0.05) is 13.8 Å². The SMILES string of the molecule is CC(C)c1nc(CC(F)(F)F)nc2c1CCNC2. The molecule has 0 saturated carbocycles. The van der Waals surface area contributed by atoms with Gasteiger partial charge in [-0.25, -0.2) is 9.97 Å². The second kappa shape index (κ2) is 4.84. The van der Waals surface area contributed by atoms with Gasteiger partial charge in [-0.3, -0.25) is 0 Å². The molecule has 0 bridgehead atoms. The molecule has 6 heteroatoms. The predicted molar refractivity (Wildman–Crippen MR) is 61.3 cm³/mol. The second-order valence-electron chi connectivity index (χ2n) is 4.82. The van der Waals surface area contributed by atoms with E-state index in [2.05, 4.69) is 15.3 Å². The van der Waals surface area contributed by atoms with Crippen molar-refractivity contribution in [3.63, 3.8) is 0 Å². The Labute approximate surface area is 104 Å². The maximum absolute atomic E-state index is 12.4. The Hall–Kier alpha value is -1.17. The van der Waals surface area contributed by atoms with Crippen LogP contribution in [0.5, 0.6) is 0 Å². The van der Waals surface area contributed by atoms with Gasteiger partial charge in [-0.05, 0) is 24.4 Å². The van der Waals surface area contributed by atoms with Crippen LogP contribution in [-0.2, 0) is 19.4 Å². The van der Waals surface area contributed by atoms with Crippen LogP contribution in [0.4, 0.5) is 13.2 Å². The smallest absolute Gasteiger partial charge is 0.311 e. The van der Waals surface area contributed by atoms with E-state index >= 15 is 0 Å². The monoisotopic (exact) mass is 259 g/mol. The number of nitrogens with one attached hydrogen (secondary N) is 1. The van der Waals surface area contributed by atoms with Crippen LogP contribution in [0.3, 0.4) is 0 Å². The van der Waals surface area contributed by atoms with Gasteiger partial charge in [0.05, 0.1) is 11.4 Å². The third-order valence-electron chi connectivity index (χ3n) is 2.92. The first-order chi connectivity index (χ1) is 8.37. The van der Waals surface area contributed by atoms with E-state index in [1.54, 1.807) is 0 Å². The van der Waals surface area contributed by atoms with Gasteiger partial charge >= 0.3 is 6.18 Å². The minimum atomic E-state index is -4.26. The normalized spacial score (nSPS) is 15.9. The molecule has 2 rings (SSSR count). The number of fused-ring (bicyclic) bond motifs is 1.